The van der Waals surface area contributed by atoms with E-state index < -0.39 is 10.0 Å². The van der Waals surface area contributed by atoms with Gasteiger partial charge in [-0.05, 0) is 24.8 Å². The zero-order chi connectivity index (χ0) is 12.5. The first-order valence-corrected chi connectivity index (χ1v) is 7.08. The molecule has 1 aliphatic heterocycles. The van der Waals surface area contributed by atoms with Gasteiger partial charge in [0, 0.05) is 26.7 Å². The number of aliphatic hydroxyl groups is 1. The summed E-state index contributed by atoms with van der Waals surface area (Å²) >= 11 is 0. The van der Waals surface area contributed by atoms with Crippen LogP contribution in [0.4, 0.5) is 0 Å². The van der Waals surface area contributed by atoms with Gasteiger partial charge < -0.3 is 5.11 Å². The predicted molar refractivity (Wildman–Crippen MR) is 61.8 cm³/mol. The topological polar surface area (TPSA) is 75.4 Å². The molecule has 1 aromatic rings. The quantitative estimate of drug-likeness (QED) is 0.813. The third kappa shape index (κ3) is 2.36. The summed E-state index contributed by atoms with van der Waals surface area (Å²) in [5.74, 6) is 0.267. The van der Waals surface area contributed by atoms with Gasteiger partial charge in [-0.1, -0.05) is 0 Å². The van der Waals surface area contributed by atoms with Gasteiger partial charge >= 0.3 is 0 Å². The summed E-state index contributed by atoms with van der Waals surface area (Å²) in [4.78, 5) is 0. The molecule has 6 nitrogen and oxygen atoms in total. The van der Waals surface area contributed by atoms with E-state index in [0.29, 0.717) is 19.5 Å². The molecule has 0 spiro atoms. The molecule has 0 aromatic carbocycles. The van der Waals surface area contributed by atoms with Gasteiger partial charge in [0.1, 0.15) is 0 Å². The summed E-state index contributed by atoms with van der Waals surface area (Å²) in [6.45, 7) is 1.14. The van der Waals surface area contributed by atoms with Crippen molar-refractivity contribution < 1.29 is 13.5 Å². The van der Waals surface area contributed by atoms with E-state index >= 15 is 0 Å². The van der Waals surface area contributed by atoms with E-state index in [-0.39, 0.29) is 17.6 Å². The summed E-state index contributed by atoms with van der Waals surface area (Å²) in [5, 5.41) is 13.0. The van der Waals surface area contributed by atoms with Gasteiger partial charge in [-0.15, -0.1) is 0 Å². The largest absolute Gasteiger partial charge is 0.396 e. The van der Waals surface area contributed by atoms with Crippen LogP contribution in [0.2, 0.25) is 0 Å². The van der Waals surface area contributed by atoms with Gasteiger partial charge in [0.2, 0.25) is 0 Å². The van der Waals surface area contributed by atoms with Crippen molar-refractivity contribution >= 4 is 10.0 Å². The Bertz CT molecular complexity index is 483. The standard InChI is InChI=1S/C10H17N3O3S/c1-12-10(2-5-11-12)17(15,16)13-6-3-9(8-13)4-7-14/h2,5,9,14H,3-4,6-8H2,1H3. The molecule has 0 radical (unpaired) electrons. The lowest BCUT2D eigenvalue weighted by Gasteiger charge is -2.16. The van der Waals surface area contributed by atoms with Crippen LogP contribution in [-0.2, 0) is 17.1 Å². The van der Waals surface area contributed by atoms with Gasteiger partial charge in [-0.25, -0.2) is 8.42 Å². The summed E-state index contributed by atoms with van der Waals surface area (Å²) in [5.41, 5.74) is 0. The molecule has 96 valence electrons. The highest BCUT2D eigenvalue weighted by atomic mass is 32.2. The van der Waals surface area contributed by atoms with Crippen LogP contribution in [0.5, 0.6) is 0 Å². The summed E-state index contributed by atoms with van der Waals surface area (Å²) < 4.78 is 27.4. The highest BCUT2D eigenvalue weighted by molar-refractivity contribution is 7.89. The van der Waals surface area contributed by atoms with Gasteiger partial charge in [0.05, 0.1) is 6.20 Å². The lowest BCUT2D eigenvalue weighted by atomic mass is 10.1. The number of sulfonamides is 1. The second-order valence-corrected chi connectivity index (χ2v) is 6.21. The van der Waals surface area contributed by atoms with Crippen molar-refractivity contribution in [1.82, 2.24) is 14.1 Å². The highest BCUT2D eigenvalue weighted by Gasteiger charge is 2.33. The van der Waals surface area contributed by atoms with E-state index in [1.165, 1.54) is 21.3 Å². The normalized spacial score (nSPS) is 22.1. The van der Waals surface area contributed by atoms with Crippen LogP contribution < -0.4 is 0 Å². The molecule has 7 heteroatoms. The van der Waals surface area contributed by atoms with Crippen LogP contribution in [0.1, 0.15) is 12.8 Å². The van der Waals surface area contributed by atoms with Crippen LogP contribution >= 0.6 is 0 Å². The molecular formula is C10H17N3O3S. The summed E-state index contributed by atoms with van der Waals surface area (Å²) in [6.07, 6.45) is 2.96. The number of aryl methyl sites for hydroxylation is 1. The molecule has 1 saturated heterocycles. The van der Waals surface area contributed by atoms with Gasteiger partial charge in [-0.2, -0.15) is 9.40 Å². The fourth-order valence-corrected chi connectivity index (χ4v) is 3.81. The molecule has 2 rings (SSSR count). The van der Waals surface area contributed by atoms with Crippen molar-refractivity contribution in [2.45, 2.75) is 17.9 Å². The first kappa shape index (κ1) is 12.5. The minimum absolute atomic E-state index is 0.115. The number of aliphatic hydroxyl groups excluding tert-OH is 1. The maximum absolute atomic E-state index is 12.3. The SMILES string of the molecule is Cn1nccc1S(=O)(=O)N1CCC(CCO)C1. The zero-order valence-electron chi connectivity index (χ0n) is 9.78. The lowest BCUT2D eigenvalue weighted by molar-refractivity contribution is 0.259. The first-order valence-electron chi connectivity index (χ1n) is 5.64. The van der Waals surface area contributed by atoms with Crippen LogP contribution in [0, 0.1) is 5.92 Å². The third-order valence-electron chi connectivity index (χ3n) is 3.17. The Morgan fingerprint density at radius 3 is 2.94 bits per heavy atom. The van der Waals surface area contributed by atoms with E-state index in [4.69, 9.17) is 5.11 Å². The number of hydrogen-bond acceptors (Lipinski definition) is 4. The second kappa shape index (κ2) is 4.75. The first-order chi connectivity index (χ1) is 8.05. The monoisotopic (exact) mass is 259 g/mol. The fraction of sp³-hybridized carbons (Fsp3) is 0.700. The van der Waals surface area contributed by atoms with Gasteiger partial charge in [0.25, 0.3) is 10.0 Å². The molecule has 1 aromatic heterocycles. The Morgan fingerprint density at radius 1 is 1.59 bits per heavy atom. The Hall–Kier alpha value is -0.920. The van der Waals surface area contributed by atoms with Crippen LogP contribution in [-0.4, -0.2) is 47.3 Å². The maximum Gasteiger partial charge on any atom is 0.260 e. The van der Waals surface area contributed by atoms with Crippen molar-refractivity contribution in [2.75, 3.05) is 19.7 Å². The predicted octanol–water partition coefficient (Wildman–Crippen LogP) is -0.187. The van der Waals surface area contributed by atoms with Crippen molar-refractivity contribution in [3.63, 3.8) is 0 Å². The van der Waals surface area contributed by atoms with E-state index in [2.05, 4.69) is 5.10 Å². The molecule has 1 aliphatic rings. The van der Waals surface area contributed by atoms with Crippen molar-refractivity contribution in [3.05, 3.63) is 12.3 Å². The number of nitrogens with zero attached hydrogens (tertiary/aromatic N) is 3. The minimum Gasteiger partial charge on any atom is -0.396 e. The van der Waals surface area contributed by atoms with E-state index in [0.717, 1.165) is 6.42 Å². The third-order valence-corrected chi connectivity index (χ3v) is 5.11. The van der Waals surface area contributed by atoms with Crippen LogP contribution in [0.3, 0.4) is 0 Å². The molecule has 0 aliphatic carbocycles. The summed E-state index contributed by atoms with van der Waals surface area (Å²) in [7, 11) is -1.81. The molecule has 0 bridgehead atoms. The molecule has 0 amide bonds. The van der Waals surface area contributed by atoms with Crippen LogP contribution in [0.15, 0.2) is 17.3 Å². The Balaban J connectivity index is 2.16. The van der Waals surface area contributed by atoms with E-state index in [1.807, 2.05) is 0 Å². The molecule has 1 N–H and O–H groups in total. The Kier molecular flexibility index (Phi) is 3.50. The van der Waals surface area contributed by atoms with Gasteiger partial charge in [0.15, 0.2) is 5.03 Å². The second-order valence-electron chi connectivity index (χ2n) is 4.32. The number of rotatable bonds is 4. The molecule has 17 heavy (non-hydrogen) atoms. The van der Waals surface area contributed by atoms with Gasteiger partial charge in [-0.3, -0.25) is 4.68 Å². The highest BCUT2D eigenvalue weighted by Crippen LogP contribution is 2.25. The Morgan fingerprint density at radius 2 is 2.35 bits per heavy atom. The average molecular weight is 259 g/mol. The molecule has 1 fully saturated rings. The number of hydrogen-bond donors (Lipinski definition) is 1. The molecule has 0 saturated carbocycles. The average Bonchev–Trinajstić information content (AvgIpc) is 2.87. The van der Waals surface area contributed by atoms with Crippen LogP contribution in [0.25, 0.3) is 0 Å². The van der Waals surface area contributed by atoms with Crippen molar-refractivity contribution in [2.24, 2.45) is 13.0 Å². The molecule has 1 atom stereocenters. The lowest BCUT2D eigenvalue weighted by Crippen LogP contribution is -2.30. The Labute approximate surface area is 101 Å². The zero-order valence-corrected chi connectivity index (χ0v) is 10.6. The minimum atomic E-state index is -3.43. The van der Waals surface area contributed by atoms with Crippen molar-refractivity contribution in [3.8, 4) is 0 Å². The molecule has 1 unspecified atom stereocenters. The van der Waals surface area contributed by atoms with E-state index in [9.17, 15) is 8.42 Å². The summed E-state index contributed by atoms with van der Waals surface area (Å²) in [6, 6.07) is 1.51. The molecule has 2 heterocycles. The van der Waals surface area contributed by atoms with Crippen molar-refractivity contribution in [1.29, 1.82) is 0 Å². The molecular weight excluding hydrogens is 242 g/mol. The van der Waals surface area contributed by atoms with E-state index in [1.54, 1.807) is 7.05 Å². The maximum atomic E-state index is 12.3. The fourth-order valence-electron chi connectivity index (χ4n) is 2.18. The smallest absolute Gasteiger partial charge is 0.260 e. The number of aromatic nitrogens is 2.